The molecule has 28 heavy (non-hydrogen) atoms. The standard InChI is InChI=1S/C19H21ClN6O2/c1-12(2)13-10-16(24-26-11-21-23-18(13)26)19(27)22-15-5-3-4-14(20)17(15)25-6-8-28-9-7-25/h3-5,10-12H,6-9H2,1-2H3,(H,22,27). The fraction of sp³-hybridized carbons (Fsp3) is 0.368. The fourth-order valence-electron chi connectivity index (χ4n) is 3.30. The van der Waals surface area contributed by atoms with E-state index in [9.17, 15) is 4.79 Å². The van der Waals surface area contributed by atoms with Crippen LogP contribution >= 0.6 is 11.6 Å². The topological polar surface area (TPSA) is 84.7 Å². The Morgan fingerprint density at radius 3 is 2.82 bits per heavy atom. The summed E-state index contributed by atoms with van der Waals surface area (Å²) in [6, 6.07) is 7.25. The van der Waals surface area contributed by atoms with Crippen LogP contribution in [0.5, 0.6) is 0 Å². The van der Waals surface area contributed by atoms with Crippen LogP contribution < -0.4 is 10.2 Å². The maximum absolute atomic E-state index is 13.0. The Kier molecular flexibility index (Phi) is 5.15. The molecule has 1 aromatic carbocycles. The van der Waals surface area contributed by atoms with Crippen molar-refractivity contribution in [2.24, 2.45) is 0 Å². The van der Waals surface area contributed by atoms with E-state index in [1.54, 1.807) is 6.07 Å². The monoisotopic (exact) mass is 400 g/mol. The first-order valence-electron chi connectivity index (χ1n) is 9.18. The van der Waals surface area contributed by atoms with Crippen LogP contribution in [0.25, 0.3) is 5.65 Å². The summed E-state index contributed by atoms with van der Waals surface area (Å²) < 4.78 is 6.96. The normalized spacial score (nSPS) is 14.6. The second-order valence-corrected chi connectivity index (χ2v) is 7.34. The number of hydrogen-bond acceptors (Lipinski definition) is 6. The molecule has 0 spiro atoms. The first-order valence-corrected chi connectivity index (χ1v) is 9.56. The highest BCUT2D eigenvalue weighted by molar-refractivity contribution is 6.34. The van der Waals surface area contributed by atoms with Gasteiger partial charge in [-0.05, 0) is 24.1 Å². The number of hydrogen-bond donors (Lipinski definition) is 1. The average molecular weight is 401 g/mol. The fourth-order valence-corrected chi connectivity index (χ4v) is 3.59. The number of morpholine rings is 1. The van der Waals surface area contributed by atoms with Crippen LogP contribution in [0.1, 0.15) is 35.8 Å². The molecular weight excluding hydrogens is 380 g/mol. The van der Waals surface area contributed by atoms with Gasteiger partial charge >= 0.3 is 0 Å². The minimum Gasteiger partial charge on any atom is -0.378 e. The molecule has 0 saturated carbocycles. The van der Waals surface area contributed by atoms with E-state index in [0.717, 1.165) is 24.3 Å². The van der Waals surface area contributed by atoms with E-state index >= 15 is 0 Å². The molecular formula is C19H21ClN6O2. The zero-order valence-corrected chi connectivity index (χ0v) is 16.5. The van der Waals surface area contributed by atoms with Crippen molar-refractivity contribution in [3.63, 3.8) is 0 Å². The van der Waals surface area contributed by atoms with Crippen molar-refractivity contribution in [2.75, 3.05) is 36.5 Å². The Morgan fingerprint density at radius 2 is 2.07 bits per heavy atom. The van der Waals surface area contributed by atoms with Gasteiger partial charge in [0.25, 0.3) is 5.91 Å². The number of fused-ring (bicyclic) bond motifs is 1. The Morgan fingerprint density at radius 1 is 1.29 bits per heavy atom. The number of nitrogens with one attached hydrogen (secondary N) is 1. The number of carbonyl (C=O) groups is 1. The van der Waals surface area contributed by atoms with E-state index in [2.05, 4.69) is 25.5 Å². The summed E-state index contributed by atoms with van der Waals surface area (Å²) in [4.78, 5) is 15.1. The highest BCUT2D eigenvalue weighted by Gasteiger charge is 2.21. The number of benzene rings is 1. The molecule has 9 heteroatoms. The quantitative estimate of drug-likeness (QED) is 0.724. The van der Waals surface area contributed by atoms with Gasteiger partial charge in [0.2, 0.25) is 0 Å². The predicted octanol–water partition coefficient (Wildman–Crippen LogP) is 2.99. The number of carbonyl (C=O) groups excluding carboxylic acids is 1. The number of amides is 1. The van der Waals surface area contributed by atoms with Crippen molar-refractivity contribution in [1.82, 2.24) is 19.8 Å². The molecule has 4 rings (SSSR count). The third-order valence-corrected chi connectivity index (χ3v) is 5.02. The lowest BCUT2D eigenvalue weighted by Crippen LogP contribution is -2.37. The van der Waals surface area contributed by atoms with Crippen molar-refractivity contribution in [2.45, 2.75) is 19.8 Å². The van der Waals surface area contributed by atoms with E-state index in [1.165, 1.54) is 10.8 Å². The van der Waals surface area contributed by atoms with Gasteiger partial charge in [0.05, 0.1) is 29.6 Å². The van der Waals surface area contributed by atoms with Crippen LogP contribution in [-0.2, 0) is 4.74 Å². The Balaban J connectivity index is 1.68. The minimum atomic E-state index is -0.311. The first-order chi connectivity index (χ1) is 13.5. The molecule has 1 saturated heterocycles. The molecule has 1 aliphatic rings. The molecule has 0 bridgehead atoms. The predicted molar refractivity (Wildman–Crippen MR) is 107 cm³/mol. The third-order valence-electron chi connectivity index (χ3n) is 4.71. The van der Waals surface area contributed by atoms with Gasteiger partial charge in [-0.1, -0.05) is 31.5 Å². The lowest BCUT2D eigenvalue weighted by Gasteiger charge is -2.31. The number of halogens is 1. The summed E-state index contributed by atoms with van der Waals surface area (Å²) in [6.07, 6.45) is 1.50. The smallest absolute Gasteiger partial charge is 0.276 e. The van der Waals surface area contributed by atoms with E-state index < -0.39 is 0 Å². The van der Waals surface area contributed by atoms with Gasteiger partial charge in [-0.25, -0.2) is 0 Å². The van der Waals surface area contributed by atoms with Crippen LogP contribution in [0.2, 0.25) is 5.02 Å². The molecule has 146 valence electrons. The van der Waals surface area contributed by atoms with Gasteiger partial charge in [0.1, 0.15) is 12.0 Å². The van der Waals surface area contributed by atoms with E-state index in [0.29, 0.717) is 35.3 Å². The van der Waals surface area contributed by atoms with Crippen molar-refractivity contribution in [3.8, 4) is 0 Å². The summed E-state index contributed by atoms with van der Waals surface area (Å²) in [6.45, 7) is 6.77. The Bertz CT molecular complexity index is 1010. The van der Waals surface area contributed by atoms with Gasteiger partial charge in [-0.3, -0.25) is 4.79 Å². The van der Waals surface area contributed by atoms with Crippen molar-refractivity contribution < 1.29 is 9.53 Å². The van der Waals surface area contributed by atoms with Gasteiger partial charge in [0, 0.05) is 18.7 Å². The molecule has 8 nitrogen and oxygen atoms in total. The second-order valence-electron chi connectivity index (χ2n) is 6.93. The molecule has 0 unspecified atom stereocenters. The number of rotatable bonds is 4. The lowest BCUT2D eigenvalue weighted by atomic mass is 10.0. The van der Waals surface area contributed by atoms with Crippen LogP contribution in [-0.4, -0.2) is 52.0 Å². The maximum atomic E-state index is 13.0. The number of ether oxygens (including phenoxy) is 1. The highest BCUT2D eigenvalue weighted by atomic mass is 35.5. The van der Waals surface area contributed by atoms with Gasteiger partial charge in [0.15, 0.2) is 5.65 Å². The molecule has 1 fully saturated rings. The van der Waals surface area contributed by atoms with E-state index in [-0.39, 0.29) is 11.8 Å². The Hall–Kier alpha value is -2.71. The zero-order valence-electron chi connectivity index (χ0n) is 15.7. The molecule has 1 N–H and O–H groups in total. The summed E-state index contributed by atoms with van der Waals surface area (Å²) in [5.41, 5.74) is 3.32. The highest BCUT2D eigenvalue weighted by Crippen LogP contribution is 2.34. The summed E-state index contributed by atoms with van der Waals surface area (Å²) in [7, 11) is 0. The van der Waals surface area contributed by atoms with Gasteiger partial charge in [-0.2, -0.15) is 9.61 Å². The summed E-state index contributed by atoms with van der Waals surface area (Å²) in [5.74, 6) is -0.134. The molecule has 3 aromatic rings. The number of para-hydroxylation sites is 1. The molecule has 2 aromatic heterocycles. The van der Waals surface area contributed by atoms with Crippen LogP contribution in [0.3, 0.4) is 0 Å². The van der Waals surface area contributed by atoms with Crippen LogP contribution in [0.4, 0.5) is 11.4 Å². The zero-order chi connectivity index (χ0) is 19.7. The van der Waals surface area contributed by atoms with Crippen LogP contribution in [0, 0.1) is 0 Å². The molecule has 1 amide bonds. The average Bonchev–Trinajstić information content (AvgIpc) is 3.16. The molecule has 3 heterocycles. The van der Waals surface area contributed by atoms with Gasteiger partial charge < -0.3 is 15.0 Å². The molecule has 1 aliphatic heterocycles. The SMILES string of the molecule is CC(C)c1cc(C(=O)Nc2cccc(Cl)c2N2CCOCC2)nn2cnnc12. The molecule has 0 aliphatic carbocycles. The van der Waals surface area contributed by atoms with E-state index in [1.807, 2.05) is 32.0 Å². The third kappa shape index (κ3) is 3.53. The first kappa shape index (κ1) is 18.6. The van der Waals surface area contributed by atoms with Crippen molar-refractivity contribution in [3.05, 3.63) is 46.9 Å². The molecule has 0 atom stereocenters. The Labute approximate surface area is 167 Å². The molecule has 0 radical (unpaired) electrons. The summed E-state index contributed by atoms with van der Waals surface area (Å²) >= 11 is 6.45. The van der Waals surface area contributed by atoms with Crippen LogP contribution in [0.15, 0.2) is 30.6 Å². The van der Waals surface area contributed by atoms with Crippen molar-refractivity contribution in [1.29, 1.82) is 0 Å². The van der Waals surface area contributed by atoms with E-state index in [4.69, 9.17) is 16.3 Å². The maximum Gasteiger partial charge on any atom is 0.276 e. The van der Waals surface area contributed by atoms with Gasteiger partial charge in [-0.15, -0.1) is 10.2 Å². The minimum absolute atomic E-state index is 0.177. The lowest BCUT2D eigenvalue weighted by molar-refractivity contribution is 0.102. The number of aromatic nitrogens is 4. The summed E-state index contributed by atoms with van der Waals surface area (Å²) in [5, 5.41) is 15.9. The second kappa shape index (κ2) is 7.73. The number of nitrogens with zero attached hydrogens (tertiary/aromatic N) is 5. The number of anilines is 2. The largest absolute Gasteiger partial charge is 0.378 e. The van der Waals surface area contributed by atoms with Crippen molar-refractivity contribution >= 4 is 34.5 Å².